The zero-order valence-corrected chi connectivity index (χ0v) is 13.8. The smallest absolute Gasteiger partial charge is 0.0701 e. The van der Waals surface area contributed by atoms with Gasteiger partial charge < -0.3 is 10.0 Å². The summed E-state index contributed by atoms with van der Waals surface area (Å²) in [5.41, 5.74) is 3.32. The number of aliphatic hydroxyl groups is 1. The normalized spacial score (nSPS) is 10.7. The molecule has 0 bridgehead atoms. The Morgan fingerprint density at radius 2 is 2.00 bits per heavy atom. The van der Waals surface area contributed by atoms with Crippen molar-refractivity contribution in [3.63, 3.8) is 0 Å². The lowest BCUT2D eigenvalue weighted by molar-refractivity contribution is 0.282. The minimum Gasteiger partial charge on any atom is -0.392 e. The SMILES string of the molecule is CN(Cc1csc(Br)c1)c1ccc(CO)cc1Br. The Labute approximate surface area is 128 Å². The largest absolute Gasteiger partial charge is 0.392 e. The quantitative estimate of drug-likeness (QED) is 0.836. The topological polar surface area (TPSA) is 23.5 Å². The van der Waals surface area contributed by atoms with Crippen LogP contribution in [-0.4, -0.2) is 12.2 Å². The van der Waals surface area contributed by atoms with E-state index < -0.39 is 0 Å². The van der Waals surface area contributed by atoms with Crippen molar-refractivity contribution in [1.29, 1.82) is 0 Å². The summed E-state index contributed by atoms with van der Waals surface area (Å²) in [5, 5.41) is 11.2. The third kappa shape index (κ3) is 3.35. The summed E-state index contributed by atoms with van der Waals surface area (Å²) in [6.45, 7) is 0.930. The average Bonchev–Trinajstić information content (AvgIpc) is 2.74. The molecule has 1 heterocycles. The Balaban J connectivity index is 2.15. The lowest BCUT2D eigenvalue weighted by Gasteiger charge is -2.20. The van der Waals surface area contributed by atoms with E-state index in [0.29, 0.717) is 0 Å². The second-order valence-electron chi connectivity index (χ2n) is 4.06. The van der Waals surface area contributed by atoms with Crippen LogP contribution in [0, 0.1) is 0 Å². The van der Waals surface area contributed by atoms with Crippen LogP contribution in [0.25, 0.3) is 0 Å². The van der Waals surface area contributed by atoms with Crippen LogP contribution in [0.1, 0.15) is 11.1 Å². The summed E-state index contributed by atoms with van der Waals surface area (Å²) in [6.07, 6.45) is 0. The Morgan fingerprint density at radius 1 is 1.22 bits per heavy atom. The Morgan fingerprint density at radius 3 is 2.56 bits per heavy atom. The maximum atomic E-state index is 9.09. The van der Waals surface area contributed by atoms with Crippen LogP contribution in [-0.2, 0) is 13.2 Å². The van der Waals surface area contributed by atoms with Crippen molar-refractivity contribution in [2.24, 2.45) is 0 Å². The molecule has 0 unspecified atom stereocenters. The van der Waals surface area contributed by atoms with Crippen LogP contribution in [0.5, 0.6) is 0 Å². The van der Waals surface area contributed by atoms with Gasteiger partial charge in [-0.2, -0.15) is 0 Å². The lowest BCUT2D eigenvalue weighted by Crippen LogP contribution is -2.16. The van der Waals surface area contributed by atoms with Crippen molar-refractivity contribution in [2.45, 2.75) is 13.2 Å². The number of aliphatic hydroxyl groups excluding tert-OH is 1. The maximum absolute atomic E-state index is 9.09. The van der Waals surface area contributed by atoms with Gasteiger partial charge in [0.1, 0.15) is 0 Å². The summed E-state index contributed by atoms with van der Waals surface area (Å²) < 4.78 is 2.16. The predicted molar refractivity (Wildman–Crippen MR) is 84.2 cm³/mol. The van der Waals surface area contributed by atoms with Gasteiger partial charge in [-0.3, -0.25) is 0 Å². The van der Waals surface area contributed by atoms with Crippen LogP contribution in [0.15, 0.2) is 37.9 Å². The van der Waals surface area contributed by atoms with Crippen LogP contribution < -0.4 is 4.90 Å². The first-order chi connectivity index (χ1) is 8.60. The molecule has 0 fully saturated rings. The molecule has 2 rings (SSSR count). The molecule has 5 heteroatoms. The molecule has 0 aliphatic carbocycles. The summed E-state index contributed by atoms with van der Waals surface area (Å²) in [4.78, 5) is 2.18. The number of anilines is 1. The fraction of sp³-hybridized carbons (Fsp3) is 0.231. The van der Waals surface area contributed by atoms with E-state index >= 15 is 0 Å². The summed E-state index contributed by atoms with van der Waals surface area (Å²) in [5.74, 6) is 0. The predicted octanol–water partition coefficient (Wildman–Crippen LogP) is 4.40. The molecular formula is C13H13Br2NOS. The molecule has 0 amide bonds. The molecule has 18 heavy (non-hydrogen) atoms. The van der Waals surface area contributed by atoms with Crippen molar-refractivity contribution in [3.05, 3.63) is 49.0 Å². The molecule has 0 aliphatic heterocycles. The highest BCUT2D eigenvalue weighted by Gasteiger charge is 2.08. The van der Waals surface area contributed by atoms with Crippen LogP contribution in [0.4, 0.5) is 5.69 Å². The molecule has 0 aliphatic rings. The van der Waals surface area contributed by atoms with Crippen molar-refractivity contribution >= 4 is 48.9 Å². The van der Waals surface area contributed by atoms with E-state index in [-0.39, 0.29) is 6.61 Å². The third-order valence-electron chi connectivity index (χ3n) is 2.65. The number of hydrogen-bond acceptors (Lipinski definition) is 3. The van der Waals surface area contributed by atoms with Crippen molar-refractivity contribution in [1.82, 2.24) is 0 Å². The van der Waals surface area contributed by atoms with Crippen molar-refractivity contribution in [2.75, 3.05) is 11.9 Å². The number of rotatable bonds is 4. The first kappa shape index (κ1) is 14.1. The molecule has 1 aromatic heterocycles. The van der Waals surface area contributed by atoms with Gasteiger partial charge in [0, 0.05) is 18.1 Å². The second-order valence-corrected chi connectivity index (χ2v) is 7.20. The monoisotopic (exact) mass is 389 g/mol. The van der Waals surface area contributed by atoms with Crippen molar-refractivity contribution in [3.8, 4) is 0 Å². The fourth-order valence-electron chi connectivity index (χ4n) is 1.75. The van der Waals surface area contributed by atoms with Gasteiger partial charge in [-0.05, 0) is 66.6 Å². The Bertz CT molecular complexity index is 542. The Hall–Kier alpha value is -0.360. The van der Waals surface area contributed by atoms with Gasteiger partial charge in [0.25, 0.3) is 0 Å². The summed E-state index contributed by atoms with van der Waals surface area (Å²) in [7, 11) is 2.06. The van der Waals surface area contributed by atoms with Gasteiger partial charge in [0.15, 0.2) is 0 Å². The molecule has 1 N–H and O–H groups in total. The zero-order chi connectivity index (χ0) is 13.1. The molecule has 0 saturated heterocycles. The molecule has 1 aromatic carbocycles. The van der Waals surface area contributed by atoms with Crippen LogP contribution in [0.3, 0.4) is 0 Å². The van der Waals surface area contributed by atoms with Crippen LogP contribution in [0.2, 0.25) is 0 Å². The first-order valence-corrected chi connectivity index (χ1v) is 7.90. The number of hydrogen-bond donors (Lipinski definition) is 1. The highest BCUT2D eigenvalue weighted by atomic mass is 79.9. The lowest BCUT2D eigenvalue weighted by atomic mass is 10.2. The molecule has 0 saturated carbocycles. The van der Waals surface area contributed by atoms with Gasteiger partial charge in [-0.25, -0.2) is 0 Å². The molecule has 2 nitrogen and oxygen atoms in total. The standard InChI is InChI=1S/C13H13Br2NOS/c1-16(6-10-5-13(15)18-8-10)12-3-2-9(7-17)4-11(12)14/h2-5,8,17H,6-7H2,1H3. The Kier molecular flexibility index (Phi) is 4.84. The number of benzene rings is 1. The number of nitrogens with zero attached hydrogens (tertiary/aromatic N) is 1. The van der Waals surface area contributed by atoms with E-state index in [1.54, 1.807) is 11.3 Å². The molecule has 96 valence electrons. The van der Waals surface area contributed by atoms with Gasteiger partial charge >= 0.3 is 0 Å². The minimum atomic E-state index is 0.0695. The highest BCUT2D eigenvalue weighted by Crippen LogP contribution is 2.29. The van der Waals surface area contributed by atoms with E-state index in [1.807, 2.05) is 18.2 Å². The number of thiophene rings is 1. The molecule has 0 radical (unpaired) electrons. The van der Waals surface area contributed by atoms with E-state index in [4.69, 9.17) is 5.11 Å². The summed E-state index contributed by atoms with van der Waals surface area (Å²) in [6, 6.07) is 8.06. The van der Waals surface area contributed by atoms with Gasteiger partial charge in [0.05, 0.1) is 16.1 Å². The highest BCUT2D eigenvalue weighted by molar-refractivity contribution is 9.11. The molecule has 2 aromatic rings. The van der Waals surface area contributed by atoms with E-state index in [9.17, 15) is 0 Å². The van der Waals surface area contributed by atoms with E-state index in [0.717, 1.165) is 26.1 Å². The molecule has 0 spiro atoms. The fourth-order valence-corrected chi connectivity index (χ4v) is 3.68. The zero-order valence-electron chi connectivity index (χ0n) is 9.86. The van der Waals surface area contributed by atoms with E-state index in [2.05, 4.69) is 55.3 Å². The third-order valence-corrected chi connectivity index (χ3v) is 4.84. The maximum Gasteiger partial charge on any atom is 0.0701 e. The van der Waals surface area contributed by atoms with Crippen LogP contribution >= 0.6 is 43.2 Å². The minimum absolute atomic E-state index is 0.0695. The van der Waals surface area contributed by atoms with Gasteiger partial charge in [-0.1, -0.05) is 6.07 Å². The second kappa shape index (κ2) is 6.19. The van der Waals surface area contributed by atoms with Gasteiger partial charge in [0.2, 0.25) is 0 Å². The van der Waals surface area contributed by atoms with E-state index in [1.165, 1.54) is 5.56 Å². The van der Waals surface area contributed by atoms with Gasteiger partial charge in [-0.15, -0.1) is 11.3 Å². The summed E-state index contributed by atoms with van der Waals surface area (Å²) >= 11 is 8.72. The molecule has 0 atom stereocenters. The first-order valence-electron chi connectivity index (χ1n) is 5.43. The number of halogens is 2. The molecular weight excluding hydrogens is 378 g/mol. The van der Waals surface area contributed by atoms with Crippen molar-refractivity contribution < 1.29 is 5.11 Å². The average molecular weight is 391 g/mol.